The van der Waals surface area contributed by atoms with E-state index in [1.54, 1.807) is 0 Å². The number of rotatable bonds is 0. The van der Waals surface area contributed by atoms with Crippen LogP contribution in [0.3, 0.4) is 0 Å². The van der Waals surface area contributed by atoms with E-state index in [2.05, 4.69) is 17.5 Å². The van der Waals surface area contributed by atoms with Crippen LogP contribution in [0.25, 0.3) is 0 Å². The Labute approximate surface area is 55.3 Å². The Morgan fingerprint density at radius 3 is 3.22 bits per heavy atom. The van der Waals surface area contributed by atoms with Crippen LogP contribution in [0.15, 0.2) is 5.10 Å². The molecule has 2 rings (SSSR count). The zero-order chi connectivity index (χ0) is 6.27. The second kappa shape index (κ2) is 1.72. The minimum atomic E-state index is 0.699. The Balaban J connectivity index is 2.16. The minimum Gasteiger partial charge on any atom is -0.306 e. The standard InChI is InChI=1S/C7H12N2/c1-5-6-3-2-4-7(6)9-8-5/h6-7,9H,2-4H2,1H3. The summed E-state index contributed by atoms with van der Waals surface area (Å²) in [6.07, 6.45) is 4.06. The molecule has 2 unspecified atom stereocenters. The van der Waals surface area contributed by atoms with Crippen LogP contribution in [0.1, 0.15) is 26.2 Å². The topological polar surface area (TPSA) is 24.4 Å². The van der Waals surface area contributed by atoms with Gasteiger partial charge in [-0.3, -0.25) is 0 Å². The van der Waals surface area contributed by atoms with Crippen LogP contribution in [0.4, 0.5) is 0 Å². The van der Waals surface area contributed by atoms with E-state index in [4.69, 9.17) is 0 Å². The van der Waals surface area contributed by atoms with Gasteiger partial charge >= 0.3 is 0 Å². The Kier molecular flexibility index (Phi) is 1.01. The van der Waals surface area contributed by atoms with E-state index in [1.165, 1.54) is 25.0 Å². The fourth-order valence-electron chi connectivity index (χ4n) is 1.88. The minimum absolute atomic E-state index is 0.699. The summed E-state index contributed by atoms with van der Waals surface area (Å²) in [5, 5.41) is 4.19. The fourth-order valence-corrected chi connectivity index (χ4v) is 1.88. The van der Waals surface area contributed by atoms with Crippen LogP contribution in [-0.4, -0.2) is 11.8 Å². The zero-order valence-corrected chi connectivity index (χ0v) is 5.72. The molecule has 2 nitrogen and oxygen atoms in total. The normalized spacial score (nSPS) is 39.9. The molecule has 1 heterocycles. The SMILES string of the molecule is CC1=NNC2CCCC12. The molecule has 0 spiro atoms. The maximum atomic E-state index is 4.19. The quantitative estimate of drug-likeness (QED) is 0.514. The molecule has 9 heavy (non-hydrogen) atoms. The molecule has 2 aliphatic rings. The Morgan fingerprint density at radius 2 is 2.44 bits per heavy atom. The first-order valence-electron chi connectivity index (χ1n) is 3.67. The molecule has 2 heteroatoms. The summed E-state index contributed by atoms with van der Waals surface area (Å²) in [5.41, 5.74) is 4.47. The highest BCUT2D eigenvalue weighted by Crippen LogP contribution is 2.29. The van der Waals surface area contributed by atoms with E-state index in [-0.39, 0.29) is 0 Å². The molecule has 1 aliphatic heterocycles. The van der Waals surface area contributed by atoms with E-state index < -0.39 is 0 Å². The maximum Gasteiger partial charge on any atom is 0.0521 e. The molecule has 1 fully saturated rings. The van der Waals surface area contributed by atoms with Gasteiger partial charge in [0, 0.05) is 11.6 Å². The molecule has 0 amide bonds. The highest BCUT2D eigenvalue weighted by molar-refractivity contribution is 5.86. The lowest BCUT2D eigenvalue weighted by atomic mass is 10.0. The van der Waals surface area contributed by atoms with E-state index >= 15 is 0 Å². The number of hydrogen-bond acceptors (Lipinski definition) is 2. The lowest BCUT2D eigenvalue weighted by molar-refractivity contribution is 0.537. The lowest BCUT2D eigenvalue weighted by Gasteiger charge is -2.06. The van der Waals surface area contributed by atoms with Crippen LogP contribution in [0, 0.1) is 5.92 Å². The third-order valence-corrected chi connectivity index (χ3v) is 2.46. The van der Waals surface area contributed by atoms with Crippen molar-refractivity contribution >= 4 is 5.71 Å². The van der Waals surface area contributed by atoms with Crippen LogP contribution in [0.2, 0.25) is 0 Å². The molecule has 50 valence electrons. The van der Waals surface area contributed by atoms with E-state index in [0.29, 0.717) is 6.04 Å². The summed E-state index contributed by atoms with van der Waals surface area (Å²) >= 11 is 0. The van der Waals surface area contributed by atoms with Gasteiger partial charge < -0.3 is 5.43 Å². The van der Waals surface area contributed by atoms with Crippen LogP contribution >= 0.6 is 0 Å². The molecule has 0 bridgehead atoms. The van der Waals surface area contributed by atoms with Gasteiger partial charge in [0.25, 0.3) is 0 Å². The van der Waals surface area contributed by atoms with Gasteiger partial charge in [-0.25, -0.2) is 0 Å². The van der Waals surface area contributed by atoms with Crippen molar-refractivity contribution < 1.29 is 0 Å². The van der Waals surface area contributed by atoms with E-state index in [9.17, 15) is 0 Å². The Hall–Kier alpha value is -0.530. The van der Waals surface area contributed by atoms with Crippen molar-refractivity contribution in [2.24, 2.45) is 11.0 Å². The molecular formula is C7H12N2. The summed E-state index contributed by atoms with van der Waals surface area (Å²) in [5.74, 6) is 0.782. The second-order valence-electron chi connectivity index (χ2n) is 3.03. The first-order chi connectivity index (χ1) is 4.38. The molecule has 1 N–H and O–H groups in total. The third kappa shape index (κ3) is 0.655. The summed E-state index contributed by atoms with van der Waals surface area (Å²) in [7, 11) is 0. The predicted octanol–water partition coefficient (Wildman–Crippen LogP) is 1.13. The average molecular weight is 124 g/mol. The second-order valence-corrected chi connectivity index (χ2v) is 3.03. The summed E-state index contributed by atoms with van der Waals surface area (Å²) in [4.78, 5) is 0. The van der Waals surface area contributed by atoms with Crippen molar-refractivity contribution in [3.05, 3.63) is 0 Å². The van der Waals surface area contributed by atoms with Crippen LogP contribution in [-0.2, 0) is 0 Å². The molecule has 0 radical (unpaired) electrons. The Bertz CT molecular complexity index is 151. The van der Waals surface area contributed by atoms with Gasteiger partial charge in [0.1, 0.15) is 0 Å². The Morgan fingerprint density at radius 1 is 1.56 bits per heavy atom. The maximum absolute atomic E-state index is 4.19. The van der Waals surface area contributed by atoms with Gasteiger partial charge in [-0.1, -0.05) is 6.42 Å². The van der Waals surface area contributed by atoms with E-state index in [1.807, 2.05) is 0 Å². The molecule has 1 saturated carbocycles. The summed E-state index contributed by atoms with van der Waals surface area (Å²) < 4.78 is 0. The van der Waals surface area contributed by atoms with Gasteiger partial charge in [-0.2, -0.15) is 5.10 Å². The van der Waals surface area contributed by atoms with Gasteiger partial charge in [0.05, 0.1) is 6.04 Å². The summed E-state index contributed by atoms with van der Waals surface area (Å²) in [6, 6.07) is 0.699. The molecule has 0 aromatic heterocycles. The van der Waals surface area contributed by atoms with Gasteiger partial charge in [-0.05, 0) is 19.8 Å². The number of nitrogens with one attached hydrogen (secondary N) is 1. The number of fused-ring (bicyclic) bond motifs is 1. The first kappa shape index (κ1) is 5.27. The third-order valence-electron chi connectivity index (χ3n) is 2.46. The monoisotopic (exact) mass is 124 g/mol. The molecule has 1 aliphatic carbocycles. The average Bonchev–Trinajstić information content (AvgIpc) is 2.35. The molecule has 0 saturated heterocycles. The smallest absolute Gasteiger partial charge is 0.0521 e. The van der Waals surface area contributed by atoms with Crippen LogP contribution < -0.4 is 5.43 Å². The van der Waals surface area contributed by atoms with Crippen LogP contribution in [0.5, 0.6) is 0 Å². The van der Waals surface area contributed by atoms with Crippen molar-refractivity contribution in [2.75, 3.05) is 0 Å². The number of nitrogens with zero attached hydrogens (tertiary/aromatic N) is 1. The largest absolute Gasteiger partial charge is 0.306 e. The van der Waals surface area contributed by atoms with Crippen molar-refractivity contribution in [3.8, 4) is 0 Å². The van der Waals surface area contributed by atoms with Crippen molar-refractivity contribution in [1.82, 2.24) is 5.43 Å². The van der Waals surface area contributed by atoms with Gasteiger partial charge in [0.2, 0.25) is 0 Å². The zero-order valence-electron chi connectivity index (χ0n) is 5.72. The highest BCUT2D eigenvalue weighted by Gasteiger charge is 2.32. The first-order valence-corrected chi connectivity index (χ1v) is 3.67. The molecule has 0 aromatic rings. The van der Waals surface area contributed by atoms with Crippen molar-refractivity contribution in [1.29, 1.82) is 0 Å². The highest BCUT2D eigenvalue weighted by atomic mass is 15.3. The summed E-state index contributed by atoms with van der Waals surface area (Å²) in [6.45, 7) is 2.13. The molecular weight excluding hydrogens is 112 g/mol. The molecule has 2 atom stereocenters. The van der Waals surface area contributed by atoms with Crippen molar-refractivity contribution in [2.45, 2.75) is 32.2 Å². The molecule has 0 aromatic carbocycles. The van der Waals surface area contributed by atoms with Gasteiger partial charge in [0.15, 0.2) is 0 Å². The van der Waals surface area contributed by atoms with Crippen molar-refractivity contribution in [3.63, 3.8) is 0 Å². The predicted molar refractivity (Wildman–Crippen MR) is 37.4 cm³/mol. The fraction of sp³-hybridized carbons (Fsp3) is 0.857. The van der Waals surface area contributed by atoms with Gasteiger partial charge in [-0.15, -0.1) is 0 Å². The lowest BCUT2D eigenvalue weighted by Crippen LogP contribution is -2.22. The number of hydrogen-bond donors (Lipinski definition) is 1. The van der Waals surface area contributed by atoms with E-state index in [0.717, 1.165) is 5.92 Å². The number of hydrazone groups is 1.